The second-order valence-electron chi connectivity index (χ2n) is 5.60. The zero-order valence-electron chi connectivity index (χ0n) is 14.2. The van der Waals surface area contributed by atoms with Crippen LogP contribution in [0.4, 0.5) is 14.5 Å². The van der Waals surface area contributed by atoms with Crippen LogP contribution >= 0.6 is 0 Å². The van der Waals surface area contributed by atoms with E-state index >= 15 is 0 Å². The Morgan fingerprint density at radius 2 is 1.96 bits per heavy atom. The molecule has 2 rings (SSSR count). The molecule has 0 aliphatic rings. The van der Waals surface area contributed by atoms with E-state index in [1.54, 1.807) is 19.1 Å². The first kappa shape index (κ1) is 18.6. The van der Waals surface area contributed by atoms with Crippen LogP contribution in [-0.4, -0.2) is 12.8 Å². The topological polar surface area (TPSA) is 67.2 Å². The number of carbonyl (C=O) groups is 1. The maximum Gasteiger partial charge on any atom is 0.150 e. The van der Waals surface area contributed by atoms with Crippen LogP contribution < -0.4 is 16.4 Å². The van der Waals surface area contributed by atoms with Crippen LogP contribution in [0.15, 0.2) is 42.1 Å². The van der Waals surface area contributed by atoms with Crippen molar-refractivity contribution in [2.75, 3.05) is 11.9 Å². The number of benzene rings is 2. The van der Waals surface area contributed by atoms with Gasteiger partial charge in [0.2, 0.25) is 0 Å². The Bertz CT molecular complexity index is 803. The molecule has 0 atom stereocenters. The van der Waals surface area contributed by atoms with Crippen molar-refractivity contribution in [1.29, 1.82) is 0 Å². The molecule has 0 saturated heterocycles. The van der Waals surface area contributed by atoms with Gasteiger partial charge in [0.15, 0.2) is 0 Å². The van der Waals surface area contributed by atoms with Crippen molar-refractivity contribution in [3.05, 3.63) is 70.4 Å². The minimum atomic E-state index is -0.698. The number of allylic oxidation sites excluding steroid dienone is 1. The Kier molecular flexibility index (Phi) is 6.25. The number of hydrogen-bond donors (Lipinski definition) is 3. The highest BCUT2D eigenvalue weighted by Crippen LogP contribution is 2.21. The highest BCUT2D eigenvalue weighted by molar-refractivity contribution is 5.79. The molecule has 0 unspecified atom stereocenters. The van der Waals surface area contributed by atoms with E-state index < -0.39 is 11.6 Å². The summed E-state index contributed by atoms with van der Waals surface area (Å²) in [6, 6.07) is 8.55. The monoisotopic (exact) mass is 345 g/mol. The SMILES string of the molecule is CCNCc1cc(/C(N)=C(\C)Nc2ccc(F)cc2F)ccc1C=O. The van der Waals surface area contributed by atoms with Crippen molar-refractivity contribution in [2.24, 2.45) is 5.73 Å². The summed E-state index contributed by atoms with van der Waals surface area (Å²) in [4.78, 5) is 11.2. The maximum atomic E-state index is 13.8. The molecule has 0 saturated carbocycles. The zero-order valence-corrected chi connectivity index (χ0v) is 14.2. The van der Waals surface area contributed by atoms with Crippen molar-refractivity contribution >= 4 is 17.7 Å². The number of anilines is 1. The predicted molar refractivity (Wildman–Crippen MR) is 96.0 cm³/mol. The third-order valence-corrected chi connectivity index (χ3v) is 3.80. The van der Waals surface area contributed by atoms with Gasteiger partial charge >= 0.3 is 0 Å². The Morgan fingerprint density at radius 3 is 2.60 bits per heavy atom. The lowest BCUT2D eigenvalue weighted by Crippen LogP contribution is -2.14. The lowest BCUT2D eigenvalue weighted by atomic mass is 10.0. The molecule has 0 fully saturated rings. The lowest BCUT2D eigenvalue weighted by Gasteiger charge is -2.14. The molecule has 0 amide bonds. The largest absolute Gasteiger partial charge is 0.397 e. The number of nitrogens with one attached hydrogen (secondary N) is 2. The first-order valence-electron chi connectivity index (χ1n) is 7.93. The van der Waals surface area contributed by atoms with Crippen molar-refractivity contribution < 1.29 is 13.6 Å². The number of nitrogens with two attached hydrogens (primary N) is 1. The van der Waals surface area contributed by atoms with Crippen molar-refractivity contribution in [3.63, 3.8) is 0 Å². The minimum Gasteiger partial charge on any atom is -0.397 e. The summed E-state index contributed by atoms with van der Waals surface area (Å²) in [5, 5.41) is 6.03. The molecule has 0 aliphatic carbocycles. The first-order valence-corrected chi connectivity index (χ1v) is 7.93. The summed E-state index contributed by atoms with van der Waals surface area (Å²) in [6.07, 6.45) is 0.801. The molecular weight excluding hydrogens is 324 g/mol. The van der Waals surface area contributed by atoms with E-state index in [1.165, 1.54) is 12.1 Å². The van der Waals surface area contributed by atoms with Gasteiger partial charge in [-0.2, -0.15) is 0 Å². The summed E-state index contributed by atoms with van der Waals surface area (Å²) in [7, 11) is 0. The van der Waals surface area contributed by atoms with Crippen LogP contribution in [0.2, 0.25) is 0 Å². The van der Waals surface area contributed by atoms with Gasteiger partial charge in [0.05, 0.1) is 11.4 Å². The Hall–Kier alpha value is -2.73. The van der Waals surface area contributed by atoms with Gasteiger partial charge in [0, 0.05) is 23.9 Å². The molecule has 6 heteroatoms. The molecule has 0 bridgehead atoms. The minimum absolute atomic E-state index is 0.138. The molecule has 132 valence electrons. The summed E-state index contributed by atoms with van der Waals surface area (Å²) < 4.78 is 26.8. The van der Waals surface area contributed by atoms with Crippen molar-refractivity contribution in [1.82, 2.24) is 5.32 Å². The quantitative estimate of drug-likeness (QED) is 0.670. The van der Waals surface area contributed by atoms with Crippen molar-refractivity contribution in [2.45, 2.75) is 20.4 Å². The van der Waals surface area contributed by atoms with Crippen molar-refractivity contribution in [3.8, 4) is 0 Å². The summed E-state index contributed by atoms with van der Waals surface area (Å²) in [5.41, 5.74) is 9.38. The second kappa shape index (κ2) is 8.39. The van der Waals surface area contributed by atoms with Gasteiger partial charge in [0.25, 0.3) is 0 Å². The fourth-order valence-corrected chi connectivity index (χ4v) is 2.38. The smallest absolute Gasteiger partial charge is 0.150 e. The van der Waals surface area contributed by atoms with Crippen LogP contribution in [0, 0.1) is 11.6 Å². The number of hydrogen-bond acceptors (Lipinski definition) is 4. The number of carbonyl (C=O) groups excluding carboxylic acids is 1. The predicted octanol–water partition coefficient (Wildman–Crippen LogP) is 3.65. The van der Waals surface area contributed by atoms with E-state index in [9.17, 15) is 13.6 Å². The van der Waals surface area contributed by atoms with Crippen LogP contribution in [0.25, 0.3) is 5.70 Å². The van der Waals surface area contributed by atoms with E-state index in [2.05, 4.69) is 10.6 Å². The summed E-state index contributed by atoms with van der Waals surface area (Å²) >= 11 is 0. The fourth-order valence-electron chi connectivity index (χ4n) is 2.38. The number of rotatable bonds is 7. The van der Waals surface area contributed by atoms with Crippen LogP contribution in [-0.2, 0) is 6.54 Å². The molecule has 0 aromatic heterocycles. The maximum absolute atomic E-state index is 13.8. The Balaban J connectivity index is 2.31. The summed E-state index contributed by atoms with van der Waals surface area (Å²) in [6.45, 7) is 5.00. The van der Waals surface area contributed by atoms with Gasteiger partial charge in [0.1, 0.15) is 17.9 Å². The summed E-state index contributed by atoms with van der Waals surface area (Å²) in [5.74, 6) is -1.34. The van der Waals surface area contributed by atoms with E-state index in [4.69, 9.17) is 5.73 Å². The molecule has 2 aromatic rings. The normalized spacial score (nSPS) is 11.8. The zero-order chi connectivity index (χ0) is 18.4. The third-order valence-electron chi connectivity index (χ3n) is 3.80. The van der Waals surface area contributed by atoms with Gasteiger partial charge in [-0.05, 0) is 42.8 Å². The number of aldehydes is 1. The Labute approximate surface area is 145 Å². The average Bonchev–Trinajstić information content (AvgIpc) is 2.61. The molecule has 0 spiro atoms. The highest BCUT2D eigenvalue weighted by atomic mass is 19.1. The second-order valence-corrected chi connectivity index (χ2v) is 5.60. The van der Waals surface area contributed by atoms with Crippen LogP contribution in [0.5, 0.6) is 0 Å². The van der Waals surface area contributed by atoms with E-state index in [1.807, 2.05) is 13.0 Å². The highest BCUT2D eigenvalue weighted by Gasteiger charge is 2.09. The van der Waals surface area contributed by atoms with Gasteiger partial charge in [-0.3, -0.25) is 4.79 Å². The fraction of sp³-hybridized carbons (Fsp3) is 0.211. The third kappa shape index (κ3) is 4.64. The molecule has 0 heterocycles. The van der Waals surface area contributed by atoms with Crippen LogP contribution in [0.1, 0.15) is 35.3 Å². The van der Waals surface area contributed by atoms with Gasteiger partial charge in [-0.1, -0.05) is 19.1 Å². The molecule has 0 radical (unpaired) electrons. The van der Waals surface area contributed by atoms with E-state index in [-0.39, 0.29) is 5.69 Å². The van der Waals surface area contributed by atoms with E-state index in [0.717, 1.165) is 24.5 Å². The Morgan fingerprint density at radius 1 is 1.20 bits per heavy atom. The molecule has 25 heavy (non-hydrogen) atoms. The molecule has 2 aromatic carbocycles. The molecule has 4 nitrogen and oxygen atoms in total. The van der Waals surface area contributed by atoms with E-state index in [0.29, 0.717) is 29.1 Å². The lowest BCUT2D eigenvalue weighted by molar-refractivity contribution is 0.112. The molecule has 0 aliphatic heterocycles. The molecule has 4 N–H and O–H groups in total. The van der Waals surface area contributed by atoms with Gasteiger partial charge in [-0.25, -0.2) is 8.78 Å². The first-order chi connectivity index (χ1) is 12.0. The average molecular weight is 345 g/mol. The van der Waals surface area contributed by atoms with Gasteiger partial charge < -0.3 is 16.4 Å². The number of halogens is 2. The van der Waals surface area contributed by atoms with Crippen LogP contribution in [0.3, 0.4) is 0 Å². The molecular formula is C19H21F2N3O. The standard InChI is InChI=1S/C19H21F2N3O/c1-3-23-10-15-8-13(4-5-14(15)11-25)19(22)12(2)24-18-7-6-16(20)9-17(18)21/h4-9,11,23-24H,3,10,22H2,1-2H3/b19-12-. The van der Waals surface area contributed by atoms with Gasteiger partial charge in [-0.15, -0.1) is 0 Å².